The van der Waals surface area contributed by atoms with Gasteiger partial charge in [0.1, 0.15) is 0 Å². The summed E-state index contributed by atoms with van der Waals surface area (Å²) in [6.45, 7) is 10.2. The lowest BCUT2D eigenvalue weighted by atomic mass is 10.2. The highest BCUT2D eigenvalue weighted by Crippen LogP contribution is 2.32. The van der Waals surface area contributed by atoms with Crippen molar-refractivity contribution in [2.24, 2.45) is 7.05 Å². The van der Waals surface area contributed by atoms with E-state index in [2.05, 4.69) is 29.2 Å². The summed E-state index contributed by atoms with van der Waals surface area (Å²) >= 11 is 1.68. The second-order valence-electron chi connectivity index (χ2n) is 6.17. The first-order chi connectivity index (χ1) is 10.7. The van der Waals surface area contributed by atoms with Gasteiger partial charge < -0.3 is 4.90 Å². The molecule has 2 aromatic heterocycles. The maximum absolute atomic E-state index is 12.4. The van der Waals surface area contributed by atoms with Crippen LogP contribution in [0.5, 0.6) is 0 Å². The van der Waals surface area contributed by atoms with Crippen LogP contribution >= 0.6 is 11.3 Å². The standard InChI is InChI=1S/C16H25N5OS/c1-9(2)15-17-11(4)14(23-15)12(5)20(6)16(22)18-13-8-10(3)21(7)19-13/h8-9,12H,1-7H3,(H,18,19,22). The number of carbonyl (C=O) groups excluding carboxylic acids is 1. The van der Waals surface area contributed by atoms with E-state index in [1.807, 2.05) is 33.9 Å². The Morgan fingerprint density at radius 1 is 1.35 bits per heavy atom. The number of rotatable bonds is 4. The summed E-state index contributed by atoms with van der Waals surface area (Å²) < 4.78 is 1.74. The van der Waals surface area contributed by atoms with Crippen molar-refractivity contribution in [3.63, 3.8) is 0 Å². The van der Waals surface area contributed by atoms with Crippen molar-refractivity contribution in [3.05, 3.63) is 27.3 Å². The Balaban J connectivity index is 2.12. The Morgan fingerprint density at radius 3 is 2.48 bits per heavy atom. The zero-order valence-electron chi connectivity index (χ0n) is 14.8. The number of carbonyl (C=O) groups is 1. The second kappa shape index (κ2) is 6.70. The first-order valence-electron chi connectivity index (χ1n) is 7.72. The molecule has 1 atom stereocenters. The quantitative estimate of drug-likeness (QED) is 0.923. The number of nitrogens with zero attached hydrogens (tertiary/aromatic N) is 4. The van der Waals surface area contributed by atoms with Gasteiger partial charge in [-0.1, -0.05) is 13.8 Å². The fourth-order valence-electron chi connectivity index (χ4n) is 2.24. The van der Waals surface area contributed by atoms with Gasteiger partial charge in [0, 0.05) is 36.7 Å². The third kappa shape index (κ3) is 3.72. The van der Waals surface area contributed by atoms with Crippen LogP contribution in [0.2, 0.25) is 0 Å². The second-order valence-corrected chi connectivity index (χ2v) is 7.23. The summed E-state index contributed by atoms with van der Waals surface area (Å²) in [6, 6.07) is 1.64. The molecule has 0 aliphatic rings. The van der Waals surface area contributed by atoms with Gasteiger partial charge in [0.15, 0.2) is 5.82 Å². The lowest BCUT2D eigenvalue weighted by Crippen LogP contribution is -2.33. The number of aryl methyl sites for hydroxylation is 3. The average Bonchev–Trinajstić information content (AvgIpc) is 3.00. The number of nitrogens with one attached hydrogen (secondary N) is 1. The molecule has 1 unspecified atom stereocenters. The number of hydrogen-bond donors (Lipinski definition) is 1. The monoisotopic (exact) mass is 335 g/mol. The number of amides is 2. The van der Waals surface area contributed by atoms with Gasteiger partial charge in [-0.25, -0.2) is 9.78 Å². The van der Waals surface area contributed by atoms with Crippen LogP contribution in [-0.2, 0) is 7.05 Å². The van der Waals surface area contributed by atoms with E-state index in [-0.39, 0.29) is 12.1 Å². The predicted octanol–water partition coefficient (Wildman–Crippen LogP) is 3.84. The number of anilines is 1. The Morgan fingerprint density at radius 2 is 2.00 bits per heavy atom. The molecule has 2 aromatic rings. The van der Waals surface area contributed by atoms with Gasteiger partial charge in [-0.2, -0.15) is 5.10 Å². The van der Waals surface area contributed by atoms with Crippen molar-refractivity contribution in [1.82, 2.24) is 19.7 Å². The zero-order valence-corrected chi connectivity index (χ0v) is 15.7. The molecule has 0 spiro atoms. The van der Waals surface area contributed by atoms with Crippen LogP contribution in [0.25, 0.3) is 0 Å². The Hall–Kier alpha value is -1.89. The predicted molar refractivity (Wildman–Crippen MR) is 94.1 cm³/mol. The number of aromatic nitrogens is 3. The first kappa shape index (κ1) is 17.5. The van der Waals surface area contributed by atoms with E-state index >= 15 is 0 Å². The van der Waals surface area contributed by atoms with Gasteiger partial charge >= 0.3 is 6.03 Å². The SMILES string of the molecule is Cc1nc(C(C)C)sc1C(C)N(C)C(=O)Nc1cc(C)n(C)n1. The third-order valence-corrected chi connectivity index (χ3v) is 5.60. The van der Waals surface area contributed by atoms with Crippen LogP contribution in [0, 0.1) is 13.8 Å². The molecule has 0 aliphatic heterocycles. The molecule has 0 fully saturated rings. The Bertz CT molecular complexity index is 684. The molecule has 2 rings (SSSR count). The van der Waals surface area contributed by atoms with Crippen molar-refractivity contribution < 1.29 is 4.79 Å². The smallest absolute Gasteiger partial charge is 0.320 e. The van der Waals surface area contributed by atoms with E-state index in [0.717, 1.165) is 21.3 Å². The minimum absolute atomic E-state index is 0.0372. The fraction of sp³-hybridized carbons (Fsp3) is 0.562. The summed E-state index contributed by atoms with van der Waals surface area (Å²) in [4.78, 5) is 19.9. The van der Waals surface area contributed by atoms with Crippen LogP contribution in [0.4, 0.5) is 10.6 Å². The van der Waals surface area contributed by atoms with Crippen molar-refractivity contribution in [1.29, 1.82) is 0 Å². The summed E-state index contributed by atoms with van der Waals surface area (Å²) in [5.41, 5.74) is 2.00. The van der Waals surface area contributed by atoms with Gasteiger partial charge in [0.2, 0.25) is 0 Å². The minimum Gasteiger partial charge on any atom is -0.320 e. The van der Waals surface area contributed by atoms with Crippen LogP contribution in [0.3, 0.4) is 0 Å². The van der Waals surface area contributed by atoms with Gasteiger partial charge in [0.25, 0.3) is 0 Å². The molecule has 2 heterocycles. The highest BCUT2D eigenvalue weighted by Gasteiger charge is 2.23. The Kier molecular flexibility index (Phi) is 5.09. The molecule has 0 bridgehead atoms. The summed E-state index contributed by atoms with van der Waals surface area (Å²) in [7, 11) is 3.65. The topological polar surface area (TPSA) is 63.1 Å². The molecular formula is C16H25N5OS. The van der Waals surface area contributed by atoms with E-state index in [1.54, 1.807) is 28.0 Å². The maximum atomic E-state index is 12.4. The molecule has 0 radical (unpaired) electrons. The van der Waals surface area contributed by atoms with Crippen LogP contribution in [0.15, 0.2) is 6.07 Å². The van der Waals surface area contributed by atoms with Crippen molar-refractivity contribution >= 4 is 23.2 Å². The molecule has 7 heteroatoms. The number of hydrogen-bond acceptors (Lipinski definition) is 4. The van der Waals surface area contributed by atoms with E-state index in [0.29, 0.717) is 11.7 Å². The molecule has 0 aliphatic carbocycles. The lowest BCUT2D eigenvalue weighted by molar-refractivity contribution is 0.209. The van der Waals surface area contributed by atoms with E-state index < -0.39 is 0 Å². The van der Waals surface area contributed by atoms with E-state index in [1.165, 1.54) is 0 Å². The molecule has 1 N–H and O–H groups in total. The summed E-state index contributed by atoms with van der Waals surface area (Å²) in [5.74, 6) is 0.966. The molecular weight excluding hydrogens is 310 g/mol. The summed E-state index contributed by atoms with van der Waals surface area (Å²) in [6.07, 6.45) is 0. The van der Waals surface area contributed by atoms with Crippen LogP contribution < -0.4 is 5.32 Å². The molecule has 126 valence electrons. The third-order valence-electron chi connectivity index (χ3n) is 3.97. The molecule has 0 aromatic carbocycles. The van der Waals surface area contributed by atoms with Gasteiger partial charge in [-0.3, -0.25) is 10.00 Å². The van der Waals surface area contributed by atoms with Crippen LogP contribution in [0.1, 0.15) is 54.0 Å². The maximum Gasteiger partial charge on any atom is 0.323 e. The van der Waals surface area contributed by atoms with Crippen LogP contribution in [-0.4, -0.2) is 32.7 Å². The van der Waals surface area contributed by atoms with Gasteiger partial charge in [-0.05, 0) is 20.8 Å². The average molecular weight is 335 g/mol. The van der Waals surface area contributed by atoms with Crippen molar-refractivity contribution in [2.45, 2.75) is 46.6 Å². The molecule has 23 heavy (non-hydrogen) atoms. The molecule has 0 saturated heterocycles. The zero-order chi connectivity index (χ0) is 17.3. The van der Waals surface area contributed by atoms with Gasteiger partial charge in [-0.15, -0.1) is 11.3 Å². The molecule has 6 nitrogen and oxygen atoms in total. The largest absolute Gasteiger partial charge is 0.323 e. The van der Waals surface area contributed by atoms with E-state index in [9.17, 15) is 4.79 Å². The first-order valence-corrected chi connectivity index (χ1v) is 8.54. The minimum atomic E-state index is -0.172. The van der Waals surface area contributed by atoms with E-state index in [4.69, 9.17) is 0 Å². The normalized spacial score (nSPS) is 12.5. The Labute approximate surface area is 141 Å². The highest BCUT2D eigenvalue weighted by atomic mass is 32.1. The number of thiazole rings is 1. The lowest BCUT2D eigenvalue weighted by Gasteiger charge is -2.24. The highest BCUT2D eigenvalue weighted by molar-refractivity contribution is 7.11. The van der Waals surface area contributed by atoms with Crippen molar-refractivity contribution in [3.8, 4) is 0 Å². The van der Waals surface area contributed by atoms with Gasteiger partial charge in [0.05, 0.1) is 16.7 Å². The number of urea groups is 1. The fourth-order valence-corrected chi connectivity index (χ4v) is 3.40. The molecule has 2 amide bonds. The molecule has 0 saturated carbocycles. The summed E-state index contributed by atoms with van der Waals surface area (Å²) in [5, 5.41) is 8.21. The van der Waals surface area contributed by atoms with Crippen molar-refractivity contribution in [2.75, 3.05) is 12.4 Å².